The number of pyridine rings is 1. The number of carbonyl (C=O) groups excluding carboxylic acids is 1. The van der Waals surface area contributed by atoms with Gasteiger partial charge in [0.2, 0.25) is 0 Å². The Hall–Kier alpha value is -2.43. The molecule has 0 radical (unpaired) electrons. The monoisotopic (exact) mass is 260 g/mol. The zero-order valence-electron chi connectivity index (χ0n) is 10.4. The summed E-state index contributed by atoms with van der Waals surface area (Å²) in [7, 11) is 0. The smallest absolute Gasteiger partial charge is 0.339 e. The van der Waals surface area contributed by atoms with Gasteiger partial charge in [0.05, 0.1) is 24.1 Å². The average Bonchev–Trinajstić information content (AvgIpc) is 2.39. The van der Waals surface area contributed by atoms with Crippen LogP contribution in [-0.2, 0) is 4.74 Å². The molecule has 98 valence electrons. The standard InChI is InChI=1S/C14H13FN2O2/c1-2-19-14(18)10-6-13(9-16-8-10)17-12-5-3-4-11(15)7-12/h3-9,17H,2H2,1H3. The SMILES string of the molecule is CCOC(=O)c1cncc(Nc2cccc(F)c2)c1. The molecule has 0 aliphatic rings. The number of nitrogens with one attached hydrogen (secondary N) is 1. The van der Waals surface area contributed by atoms with Crippen LogP contribution in [0.1, 0.15) is 17.3 Å². The molecular weight excluding hydrogens is 247 g/mol. The number of nitrogens with zero attached hydrogens (tertiary/aromatic N) is 1. The van der Waals surface area contributed by atoms with Crippen molar-refractivity contribution in [2.45, 2.75) is 6.92 Å². The number of benzene rings is 1. The minimum Gasteiger partial charge on any atom is -0.462 e. The van der Waals surface area contributed by atoms with Gasteiger partial charge in [-0.25, -0.2) is 9.18 Å². The molecular formula is C14H13FN2O2. The molecule has 0 atom stereocenters. The maximum absolute atomic E-state index is 13.0. The summed E-state index contributed by atoms with van der Waals surface area (Å²) in [6, 6.07) is 7.64. The number of aromatic nitrogens is 1. The van der Waals surface area contributed by atoms with Gasteiger partial charge in [-0.05, 0) is 31.2 Å². The number of anilines is 2. The van der Waals surface area contributed by atoms with E-state index in [1.54, 1.807) is 31.3 Å². The second-order valence-electron chi connectivity index (χ2n) is 3.82. The maximum Gasteiger partial charge on any atom is 0.339 e. The Bertz CT molecular complexity index is 587. The summed E-state index contributed by atoms with van der Waals surface area (Å²) in [5.41, 5.74) is 1.53. The number of carbonyl (C=O) groups is 1. The third-order valence-electron chi connectivity index (χ3n) is 2.36. The summed E-state index contributed by atoms with van der Waals surface area (Å²) in [4.78, 5) is 15.5. The van der Waals surface area contributed by atoms with Gasteiger partial charge in [0.25, 0.3) is 0 Å². The van der Waals surface area contributed by atoms with E-state index in [-0.39, 0.29) is 5.82 Å². The number of rotatable bonds is 4. The predicted molar refractivity (Wildman–Crippen MR) is 69.9 cm³/mol. The number of halogens is 1. The molecule has 2 rings (SSSR count). The molecule has 0 spiro atoms. The zero-order valence-corrected chi connectivity index (χ0v) is 10.4. The van der Waals surface area contributed by atoms with Gasteiger partial charge in [-0.15, -0.1) is 0 Å². The molecule has 0 fully saturated rings. The number of ether oxygens (including phenoxy) is 1. The van der Waals surface area contributed by atoms with E-state index in [0.29, 0.717) is 23.5 Å². The van der Waals surface area contributed by atoms with Crippen molar-refractivity contribution in [2.75, 3.05) is 11.9 Å². The first-order chi connectivity index (χ1) is 9.19. The zero-order chi connectivity index (χ0) is 13.7. The lowest BCUT2D eigenvalue weighted by molar-refractivity contribution is 0.0526. The van der Waals surface area contributed by atoms with Gasteiger partial charge in [-0.1, -0.05) is 6.07 Å². The first kappa shape index (κ1) is 13.0. The van der Waals surface area contributed by atoms with Gasteiger partial charge in [-0.3, -0.25) is 4.98 Å². The molecule has 0 unspecified atom stereocenters. The van der Waals surface area contributed by atoms with E-state index in [1.165, 1.54) is 18.3 Å². The summed E-state index contributed by atoms with van der Waals surface area (Å²) in [5.74, 6) is -0.766. The Kier molecular flexibility index (Phi) is 4.07. The molecule has 1 aromatic heterocycles. The second-order valence-corrected chi connectivity index (χ2v) is 3.82. The fraction of sp³-hybridized carbons (Fsp3) is 0.143. The molecule has 0 saturated carbocycles. The van der Waals surface area contributed by atoms with E-state index in [1.807, 2.05) is 0 Å². The lowest BCUT2D eigenvalue weighted by Crippen LogP contribution is -2.05. The molecule has 1 N–H and O–H groups in total. The maximum atomic E-state index is 13.0. The quantitative estimate of drug-likeness (QED) is 0.858. The Balaban J connectivity index is 2.17. The van der Waals surface area contributed by atoms with Gasteiger partial charge in [0.15, 0.2) is 0 Å². The van der Waals surface area contributed by atoms with E-state index >= 15 is 0 Å². The summed E-state index contributed by atoms with van der Waals surface area (Å²) in [6.45, 7) is 2.04. The van der Waals surface area contributed by atoms with Gasteiger partial charge >= 0.3 is 5.97 Å². The van der Waals surface area contributed by atoms with Crippen molar-refractivity contribution in [3.05, 3.63) is 54.1 Å². The van der Waals surface area contributed by atoms with Gasteiger partial charge in [0.1, 0.15) is 5.82 Å². The third-order valence-corrected chi connectivity index (χ3v) is 2.36. The van der Waals surface area contributed by atoms with Crippen LogP contribution in [0.25, 0.3) is 0 Å². The van der Waals surface area contributed by atoms with Crippen LogP contribution in [0.5, 0.6) is 0 Å². The van der Waals surface area contributed by atoms with Crippen molar-refractivity contribution in [1.82, 2.24) is 4.98 Å². The Morgan fingerprint density at radius 2 is 2.16 bits per heavy atom. The summed E-state index contributed by atoms with van der Waals surface area (Å²) in [6.07, 6.45) is 2.97. The van der Waals surface area contributed by atoms with Crippen LogP contribution in [0.15, 0.2) is 42.7 Å². The minimum atomic E-state index is -0.433. The van der Waals surface area contributed by atoms with E-state index < -0.39 is 5.97 Å². The van der Waals surface area contributed by atoms with E-state index in [9.17, 15) is 9.18 Å². The Morgan fingerprint density at radius 1 is 1.32 bits per heavy atom. The predicted octanol–water partition coefficient (Wildman–Crippen LogP) is 3.14. The van der Waals surface area contributed by atoms with Crippen molar-refractivity contribution in [3.8, 4) is 0 Å². The fourth-order valence-corrected chi connectivity index (χ4v) is 1.57. The first-order valence-electron chi connectivity index (χ1n) is 5.84. The van der Waals surface area contributed by atoms with Gasteiger partial charge < -0.3 is 10.1 Å². The molecule has 1 heterocycles. The third kappa shape index (κ3) is 3.51. The van der Waals surface area contributed by atoms with Crippen LogP contribution < -0.4 is 5.32 Å². The number of esters is 1. The van der Waals surface area contributed by atoms with Gasteiger partial charge in [-0.2, -0.15) is 0 Å². The molecule has 0 bridgehead atoms. The van der Waals surface area contributed by atoms with Crippen LogP contribution in [0, 0.1) is 5.82 Å². The molecule has 0 saturated heterocycles. The Labute approximate surface area is 110 Å². The summed E-state index contributed by atoms with van der Waals surface area (Å²) in [5, 5.41) is 2.97. The molecule has 0 amide bonds. The fourth-order valence-electron chi connectivity index (χ4n) is 1.57. The van der Waals surface area contributed by atoms with Crippen LogP contribution in [0.2, 0.25) is 0 Å². The molecule has 2 aromatic rings. The van der Waals surface area contributed by atoms with Crippen molar-refractivity contribution in [3.63, 3.8) is 0 Å². The first-order valence-corrected chi connectivity index (χ1v) is 5.84. The lowest BCUT2D eigenvalue weighted by Gasteiger charge is -2.07. The molecule has 0 aliphatic carbocycles. The number of hydrogen-bond acceptors (Lipinski definition) is 4. The topological polar surface area (TPSA) is 51.2 Å². The van der Waals surface area contributed by atoms with E-state index in [4.69, 9.17) is 4.74 Å². The van der Waals surface area contributed by atoms with E-state index in [0.717, 1.165) is 0 Å². The highest BCUT2D eigenvalue weighted by Crippen LogP contribution is 2.17. The van der Waals surface area contributed by atoms with Crippen LogP contribution in [-0.4, -0.2) is 17.6 Å². The van der Waals surface area contributed by atoms with E-state index in [2.05, 4.69) is 10.3 Å². The minimum absolute atomic E-state index is 0.306. The summed E-state index contributed by atoms with van der Waals surface area (Å²) < 4.78 is 17.9. The van der Waals surface area contributed by atoms with Crippen LogP contribution in [0.4, 0.5) is 15.8 Å². The molecule has 1 aromatic carbocycles. The highest BCUT2D eigenvalue weighted by Gasteiger charge is 2.07. The normalized spacial score (nSPS) is 10.0. The van der Waals surface area contributed by atoms with Crippen molar-refractivity contribution in [1.29, 1.82) is 0 Å². The lowest BCUT2D eigenvalue weighted by atomic mass is 10.2. The van der Waals surface area contributed by atoms with Crippen molar-refractivity contribution < 1.29 is 13.9 Å². The van der Waals surface area contributed by atoms with Crippen molar-refractivity contribution >= 4 is 17.3 Å². The average molecular weight is 260 g/mol. The second kappa shape index (κ2) is 5.95. The van der Waals surface area contributed by atoms with Gasteiger partial charge in [0, 0.05) is 11.9 Å². The highest BCUT2D eigenvalue weighted by molar-refractivity contribution is 5.90. The molecule has 0 aliphatic heterocycles. The summed E-state index contributed by atoms with van der Waals surface area (Å²) >= 11 is 0. The highest BCUT2D eigenvalue weighted by atomic mass is 19.1. The molecule has 4 nitrogen and oxygen atoms in total. The van der Waals surface area contributed by atoms with Crippen LogP contribution >= 0.6 is 0 Å². The number of hydrogen-bond donors (Lipinski definition) is 1. The molecule has 5 heteroatoms. The molecule has 19 heavy (non-hydrogen) atoms. The Morgan fingerprint density at radius 3 is 2.89 bits per heavy atom. The largest absolute Gasteiger partial charge is 0.462 e. The van der Waals surface area contributed by atoms with Crippen molar-refractivity contribution in [2.24, 2.45) is 0 Å². The van der Waals surface area contributed by atoms with Crippen LogP contribution in [0.3, 0.4) is 0 Å².